The summed E-state index contributed by atoms with van der Waals surface area (Å²) in [5.41, 5.74) is 0. The summed E-state index contributed by atoms with van der Waals surface area (Å²) in [7, 11) is 0. The first kappa shape index (κ1) is 13.2. The molecule has 3 N–H and O–H groups in total. The van der Waals surface area contributed by atoms with Crippen LogP contribution in [0.25, 0.3) is 0 Å². The van der Waals surface area contributed by atoms with E-state index in [0.717, 1.165) is 0 Å². The number of hydrogen-bond acceptors (Lipinski definition) is 3. The highest BCUT2D eigenvalue weighted by Crippen LogP contribution is 1.98. The molecular weight excluding hydrogens is 202 g/mol. The van der Waals surface area contributed by atoms with Gasteiger partial charge < -0.3 is 15.5 Å². The van der Waals surface area contributed by atoms with E-state index in [-0.39, 0.29) is 19.3 Å². The van der Waals surface area contributed by atoms with Crippen LogP contribution in [-0.4, -0.2) is 34.1 Å². The van der Waals surface area contributed by atoms with Crippen molar-refractivity contribution in [2.75, 3.05) is 0 Å². The largest absolute Gasteiger partial charge is 0.481 e. The third-order valence-electron chi connectivity index (χ3n) is 1.61. The SMILES string of the molecule is C=CCC(=O)N[C@@H](CCC(=O)O)C(=O)O. The van der Waals surface area contributed by atoms with Crippen LogP contribution < -0.4 is 5.32 Å². The van der Waals surface area contributed by atoms with Crippen LogP contribution in [0.1, 0.15) is 19.3 Å². The van der Waals surface area contributed by atoms with Gasteiger partial charge in [-0.2, -0.15) is 0 Å². The van der Waals surface area contributed by atoms with Gasteiger partial charge in [-0.25, -0.2) is 4.79 Å². The monoisotopic (exact) mass is 215 g/mol. The van der Waals surface area contributed by atoms with E-state index in [2.05, 4.69) is 11.9 Å². The lowest BCUT2D eigenvalue weighted by Crippen LogP contribution is -2.40. The fourth-order valence-corrected chi connectivity index (χ4v) is 0.910. The van der Waals surface area contributed by atoms with Crippen molar-refractivity contribution in [3.05, 3.63) is 12.7 Å². The van der Waals surface area contributed by atoms with Crippen molar-refractivity contribution in [2.24, 2.45) is 0 Å². The molecule has 15 heavy (non-hydrogen) atoms. The van der Waals surface area contributed by atoms with Gasteiger partial charge in [-0.1, -0.05) is 6.08 Å². The molecule has 0 aromatic heterocycles. The third kappa shape index (κ3) is 6.25. The van der Waals surface area contributed by atoms with Crippen molar-refractivity contribution in [2.45, 2.75) is 25.3 Å². The summed E-state index contributed by atoms with van der Waals surface area (Å²) in [4.78, 5) is 31.8. The molecule has 0 rings (SSSR count). The molecule has 0 saturated heterocycles. The van der Waals surface area contributed by atoms with Gasteiger partial charge in [0.2, 0.25) is 5.91 Å². The highest BCUT2D eigenvalue weighted by Gasteiger charge is 2.19. The average Bonchev–Trinajstić information content (AvgIpc) is 2.11. The van der Waals surface area contributed by atoms with Crippen molar-refractivity contribution in [1.82, 2.24) is 5.32 Å². The van der Waals surface area contributed by atoms with Gasteiger partial charge in [0, 0.05) is 12.8 Å². The molecule has 84 valence electrons. The van der Waals surface area contributed by atoms with Crippen molar-refractivity contribution in [1.29, 1.82) is 0 Å². The Hall–Kier alpha value is -1.85. The minimum Gasteiger partial charge on any atom is -0.481 e. The molecule has 6 nitrogen and oxygen atoms in total. The topological polar surface area (TPSA) is 104 Å². The molecule has 0 aliphatic rings. The summed E-state index contributed by atoms with van der Waals surface area (Å²) in [5, 5.41) is 19.2. The van der Waals surface area contributed by atoms with Crippen molar-refractivity contribution in [3.8, 4) is 0 Å². The molecule has 0 aliphatic carbocycles. The van der Waals surface area contributed by atoms with Gasteiger partial charge in [0.1, 0.15) is 6.04 Å². The molecule has 0 bridgehead atoms. The molecule has 1 atom stereocenters. The summed E-state index contributed by atoms with van der Waals surface area (Å²) < 4.78 is 0. The van der Waals surface area contributed by atoms with E-state index < -0.39 is 23.9 Å². The number of aliphatic carboxylic acids is 2. The number of carbonyl (C=O) groups excluding carboxylic acids is 1. The van der Waals surface area contributed by atoms with Crippen molar-refractivity contribution in [3.63, 3.8) is 0 Å². The van der Waals surface area contributed by atoms with Gasteiger partial charge in [-0.15, -0.1) is 6.58 Å². The van der Waals surface area contributed by atoms with E-state index in [9.17, 15) is 14.4 Å². The molecule has 1 amide bonds. The minimum absolute atomic E-state index is 0.0108. The smallest absolute Gasteiger partial charge is 0.326 e. The predicted molar refractivity (Wildman–Crippen MR) is 51.3 cm³/mol. The highest BCUT2D eigenvalue weighted by molar-refractivity contribution is 5.84. The fourth-order valence-electron chi connectivity index (χ4n) is 0.910. The number of carbonyl (C=O) groups is 3. The van der Waals surface area contributed by atoms with E-state index in [1.54, 1.807) is 0 Å². The summed E-state index contributed by atoms with van der Waals surface area (Å²) in [5.74, 6) is -2.82. The Balaban J connectivity index is 4.15. The predicted octanol–water partition coefficient (Wildman–Crippen LogP) is -0.00330. The van der Waals surface area contributed by atoms with Gasteiger partial charge in [0.25, 0.3) is 0 Å². The summed E-state index contributed by atoms with van der Waals surface area (Å²) in [6, 6.07) is -1.16. The van der Waals surface area contributed by atoms with Crippen LogP contribution in [0.4, 0.5) is 0 Å². The molecule has 0 radical (unpaired) electrons. The Bertz CT molecular complexity index is 274. The molecule has 0 aromatic rings. The maximum absolute atomic E-state index is 11.0. The zero-order valence-corrected chi connectivity index (χ0v) is 8.10. The summed E-state index contributed by atoms with van der Waals surface area (Å²) >= 11 is 0. The Labute approximate surface area is 86.6 Å². The second-order valence-electron chi connectivity index (χ2n) is 2.88. The Morgan fingerprint density at radius 2 is 1.93 bits per heavy atom. The van der Waals surface area contributed by atoms with Crippen molar-refractivity contribution >= 4 is 17.8 Å². The number of rotatable bonds is 7. The molecule has 0 fully saturated rings. The minimum atomic E-state index is -1.24. The van der Waals surface area contributed by atoms with Gasteiger partial charge in [0.05, 0.1) is 0 Å². The fraction of sp³-hybridized carbons (Fsp3) is 0.444. The van der Waals surface area contributed by atoms with E-state index >= 15 is 0 Å². The molecular formula is C9H13NO5. The Morgan fingerprint density at radius 3 is 2.33 bits per heavy atom. The zero-order chi connectivity index (χ0) is 11.8. The molecule has 0 heterocycles. The van der Waals surface area contributed by atoms with Crippen LogP contribution in [0.3, 0.4) is 0 Å². The average molecular weight is 215 g/mol. The van der Waals surface area contributed by atoms with Crippen molar-refractivity contribution < 1.29 is 24.6 Å². The van der Waals surface area contributed by atoms with E-state index in [1.165, 1.54) is 6.08 Å². The van der Waals surface area contributed by atoms with Gasteiger partial charge in [-0.05, 0) is 6.42 Å². The maximum atomic E-state index is 11.0. The summed E-state index contributed by atoms with van der Waals surface area (Å²) in [6.07, 6.45) is 0.918. The van der Waals surface area contributed by atoms with Crippen LogP contribution in [0.15, 0.2) is 12.7 Å². The number of amides is 1. The van der Waals surface area contributed by atoms with Crippen LogP contribution in [0, 0.1) is 0 Å². The molecule has 0 unspecified atom stereocenters. The lowest BCUT2D eigenvalue weighted by atomic mass is 10.1. The third-order valence-corrected chi connectivity index (χ3v) is 1.61. The molecule has 0 spiro atoms. The zero-order valence-electron chi connectivity index (χ0n) is 8.10. The van der Waals surface area contributed by atoms with E-state index in [4.69, 9.17) is 10.2 Å². The number of carboxylic acid groups (broad SMARTS) is 2. The maximum Gasteiger partial charge on any atom is 0.326 e. The Kier molecular flexibility index (Phi) is 5.77. The summed E-state index contributed by atoms with van der Waals surface area (Å²) in [6.45, 7) is 3.32. The standard InChI is InChI=1S/C9H13NO5/c1-2-3-7(11)10-6(9(14)15)4-5-8(12)13/h2,6H,1,3-5H2,(H,10,11)(H,12,13)(H,14,15)/t6-/m0/s1. The number of carboxylic acids is 2. The first-order valence-electron chi connectivity index (χ1n) is 4.32. The van der Waals surface area contributed by atoms with Gasteiger partial charge in [0.15, 0.2) is 0 Å². The van der Waals surface area contributed by atoms with Gasteiger partial charge >= 0.3 is 11.9 Å². The first-order chi connectivity index (χ1) is 6.97. The first-order valence-corrected chi connectivity index (χ1v) is 4.32. The lowest BCUT2D eigenvalue weighted by Gasteiger charge is -2.12. The van der Waals surface area contributed by atoms with Crippen LogP contribution in [0.2, 0.25) is 0 Å². The number of nitrogens with one attached hydrogen (secondary N) is 1. The Morgan fingerprint density at radius 1 is 1.33 bits per heavy atom. The van der Waals surface area contributed by atoms with Crippen LogP contribution in [-0.2, 0) is 14.4 Å². The molecule has 0 aromatic carbocycles. The number of hydrogen-bond donors (Lipinski definition) is 3. The van der Waals surface area contributed by atoms with E-state index in [1.807, 2.05) is 0 Å². The van der Waals surface area contributed by atoms with Crippen LogP contribution in [0.5, 0.6) is 0 Å². The quantitative estimate of drug-likeness (QED) is 0.518. The van der Waals surface area contributed by atoms with Gasteiger partial charge in [-0.3, -0.25) is 9.59 Å². The molecule has 0 aliphatic heterocycles. The molecule has 6 heteroatoms. The lowest BCUT2D eigenvalue weighted by molar-refractivity contribution is -0.143. The second kappa shape index (κ2) is 6.58. The second-order valence-corrected chi connectivity index (χ2v) is 2.88. The molecule has 0 saturated carbocycles. The van der Waals surface area contributed by atoms with Crippen LogP contribution >= 0.6 is 0 Å². The van der Waals surface area contributed by atoms with E-state index in [0.29, 0.717) is 0 Å². The highest BCUT2D eigenvalue weighted by atomic mass is 16.4. The normalized spacial score (nSPS) is 11.5.